The standard InChI is InChI=1S/C22H29N3O3S2/c1-2-3-12-28-21(27)19-16-30-22(24-19)29-13-11-25-18(9-10-20(25)26)15-23-14-17-7-5-4-6-8-17/h4-8,16,18,23H,2-3,9-15H2,1H3. The molecule has 1 aromatic heterocycles. The molecule has 0 aliphatic carbocycles. The van der Waals surface area contributed by atoms with Gasteiger partial charge in [0.1, 0.15) is 0 Å². The molecule has 1 atom stereocenters. The third-order valence-corrected chi connectivity index (χ3v) is 6.99. The first kappa shape index (κ1) is 22.8. The summed E-state index contributed by atoms with van der Waals surface area (Å²) >= 11 is 3.03. The summed E-state index contributed by atoms with van der Waals surface area (Å²) in [6.07, 6.45) is 3.37. The van der Waals surface area contributed by atoms with E-state index in [1.54, 1.807) is 17.1 Å². The van der Waals surface area contributed by atoms with E-state index in [9.17, 15) is 9.59 Å². The molecule has 1 saturated heterocycles. The lowest BCUT2D eigenvalue weighted by Gasteiger charge is -2.25. The van der Waals surface area contributed by atoms with Gasteiger partial charge in [0.15, 0.2) is 10.0 Å². The third kappa shape index (κ3) is 6.82. The van der Waals surface area contributed by atoms with Gasteiger partial charge in [0.25, 0.3) is 0 Å². The van der Waals surface area contributed by atoms with Crippen molar-refractivity contribution in [1.82, 2.24) is 15.2 Å². The third-order valence-electron chi connectivity index (χ3n) is 4.99. The van der Waals surface area contributed by atoms with E-state index in [-0.39, 0.29) is 17.9 Å². The number of thioether (sulfide) groups is 1. The van der Waals surface area contributed by atoms with Crippen LogP contribution in [0.5, 0.6) is 0 Å². The fourth-order valence-electron chi connectivity index (χ4n) is 3.32. The van der Waals surface area contributed by atoms with E-state index in [2.05, 4.69) is 29.4 Å². The van der Waals surface area contributed by atoms with Gasteiger partial charge in [-0.2, -0.15) is 0 Å². The van der Waals surface area contributed by atoms with Gasteiger partial charge in [-0.25, -0.2) is 9.78 Å². The number of rotatable bonds is 12. The monoisotopic (exact) mass is 447 g/mol. The second kappa shape index (κ2) is 12.1. The summed E-state index contributed by atoms with van der Waals surface area (Å²) in [7, 11) is 0. The number of hydrogen-bond donors (Lipinski definition) is 1. The first-order chi connectivity index (χ1) is 14.7. The molecular formula is C22H29N3O3S2. The molecule has 1 aromatic carbocycles. The Bertz CT molecular complexity index is 813. The van der Waals surface area contributed by atoms with Crippen molar-refractivity contribution in [2.24, 2.45) is 0 Å². The van der Waals surface area contributed by atoms with Gasteiger partial charge in [-0.15, -0.1) is 11.3 Å². The predicted molar refractivity (Wildman–Crippen MR) is 121 cm³/mol. The minimum absolute atomic E-state index is 0.224. The molecule has 1 amide bonds. The van der Waals surface area contributed by atoms with Crippen LogP contribution in [0.2, 0.25) is 0 Å². The van der Waals surface area contributed by atoms with Crippen LogP contribution < -0.4 is 5.32 Å². The molecule has 0 bridgehead atoms. The molecule has 0 radical (unpaired) electrons. The Labute approximate surface area is 186 Å². The van der Waals surface area contributed by atoms with E-state index in [4.69, 9.17) is 4.74 Å². The number of ether oxygens (including phenoxy) is 1. The molecule has 0 spiro atoms. The molecule has 1 aliphatic heterocycles. The van der Waals surface area contributed by atoms with Gasteiger partial charge < -0.3 is 15.0 Å². The zero-order chi connectivity index (χ0) is 21.2. The number of aromatic nitrogens is 1. The van der Waals surface area contributed by atoms with Crippen molar-refractivity contribution >= 4 is 35.0 Å². The van der Waals surface area contributed by atoms with Crippen molar-refractivity contribution in [3.8, 4) is 0 Å². The van der Waals surface area contributed by atoms with E-state index in [1.165, 1.54) is 16.9 Å². The number of nitrogens with zero attached hydrogens (tertiary/aromatic N) is 2. The van der Waals surface area contributed by atoms with Crippen LogP contribution in [0, 0.1) is 0 Å². The molecule has 30 heavy (non-hydrogen) atoms. The van der Waals surface area contributed by atoms with Crippen molar-refractivity contribution in [2.75, 3.05) is 25.4 Å². The lowest BCUT2D eigenvalue weighted by Crippen LogP contribution is -2.41. The summed E-state index contributed by atoms with van der Waals surface area (Å²) < 4.78 is 6.04. The number of thiazole rings is 1. The maximum Gasteiger partial charge on any atom is 0.357 e. The van der Waals surface area contributed by atoms with Crippen LogP contribution in [0.3, 0.4) is 0 Å². The molecule has 1 unspecified atom stereocenters. The van der Waals surface area contributed by atoms with Crippen molar-refractivity contribution < 1.29 is 14.3 Å². The van der Waals surface area contributed by atoms with Crippen molar-refractivity contribution in [1.29, 1.82) is 0 Å². The summed E-state index contributed by atoms with van der Waals surface area (Å²) in [5.74, 6) is 0.630. The highest BCUT2D eigenvalue weighted by atomic mass is 32.2. The fourth-order valence-corrected chi connectivity index (χ4v) is 5.13. The second-order valence-electron chi connectivity index (χ2n) is 7.23. The highest BCUT2D eigenvalue weighted by molar-refractivity contribution is 8.01. The molecule has 1 aliphatic rings. The van der Waals surface area contributed by atoms with Gasteiger partial charge in [-0.1, -0.05) is 55.4 Å². The number of esters is 1. The van der Waals surface area contributed by atoms with Crippen LogP contribution in [0.1, 0.15) is 48.7 Å². The fraction of sp³-hybridized carbons (Fsp3) is 0.500. The van der Waals surface area contributed by atoms with Gasteiger partial charge in [0, 0.05) is 43.2 Å². The van der Waals surface area contributed by atoms with E-state index in [0.717, 1.165) is 42.4 Å². The lowest BCUT2D eigenvalue weighted by molar-refractivity contribution is -0.128. The van der Waals surface area contributed by atoms with Crippen LogP contribution in [-0.2, 0) is 16.1 Å². The second-order valence-corrected chi connectivity index (χ2v) is 9.43. The number of amides is 1. The predicted octanol–water partition coefficient (Wildman–Crippen LogP) is 3.97. The number of nitrogens with one attached hydrogen (secondary N) is 1. The van der Waals surface area contributed by atoms with E-state index in [1.807, 2.05) is 23.1 Å². The Balaban J connectivity index is 1.40. The van der Waals surface area contributed by atoms with Crippen LogP contribution in [0.4, 0.5) is 0 Å². The molecule has 3 rings (SSSR count). The number of benzene rings is 1. The van der Waals surface area contributed by atoms with Crippen LogP contribution in [0.15, 0.2) is 40.1 Å². The normalized spacial score (nSPS) is 16.2. The molecule has 2 heterocycles. The maximum absolute atomic E-state index is 12.3. The summed E-state index contributed by atoms with van der Waals surface area (Å²) in [5, 5.41) is 5.22. The Morgan fingerprint density at radius 3 is 3.00 bits per heavy atom. The Morgan fingerprint density at radius 2 is 2.20 bits per heavy atom. The lowest BCUT2D eigenvalue weighted by atomic mass is 10.2. The minimum Gasteiger partial charge on any atom is -0.461 e. The van der Waals surface area contributed by atoms with Gasteiger partial charge in [-0.05, 0) is 18.4 Å². The quantitative estimate of drug-likeness (QED) is 0.302. The van der Waals surface area contributed by atoms with Gasteiger partial charge >= 0.3 is 5.97 Å². The molecule has 6 nitrogen and oxygen atoms in total. The Morgan fingerprint density at radius 1 is 1.37 bits per heavy atom. The number of likely N-dealkylation sites (tertiary alicyclic amines) is 1. The van der Waals surface area contributed by atoms with Crippen molar-refractivity contribution in [2.45, 2.75) is 49.5 Å². The first-order valence-corrected chi connectivity index (χ1v) is 12.3. The number of carbonyl (C=O) groups excluding carboxylic acids is 2. The molecule has 2 aromatic rings. The summed E-state index contributed by atoms with van der Waals surface area (Å²) in [5.41, 5.74) is 1.62. The number of unbranched alkanes of at least 4 members (excludes halogenated alkanes) is 1. The first-order valence-electron chi connectivity index (χ1n) is 10.5. The number of hydrogen-bond acceptors (Lipinski definition) is 7. The largest absolute Gasteiger partial charge is 0.461 e. The summed E-state index contributed by atoms with van der Waals surface area (Å²) in [6.45, 7) is 4.80. The molecule has 162 valence electrons. The Hall–Kier alpha value is -1.90. The zero-order valence-corrected chi connectivity index (χ0v) is 19.0. The van der Waals surface area contributed by atoms with E-state index in [0.29, 0.717) is 25.3 Å². The van der Waals surface area contributed by atoms with E-state index >= 15 is 0 Å². The average Bonchev–Trinajstić information content (AvgIpc) is 3.37. The van der Waals surface area contributed by atoms with Crippen LogP contribution in [0.25, 0.3) is 0 Å². The van der Waals surface area contributed by atoms with Gasteiger partial charge in [0.05, 0.1) is 6.61 Å². The summed E-state index contributed by atoms with van der Waals surface area (Å²) in [4.78, 5) is 30.6. The maximum atomic E-state index is 12.3. The Kier molecular flexibility index (Phi) is 9.17. The van der Waals surface area contributed by atoms with Crippen molar-refractivity contribution in [3.05, 3.63) is 47.0 Å². The van der Waals surface area contributed by atoms with Crippen LogP contribution in [-0.4, -0.2) is 53.3 Å². The minimum atomic E-state index is -0.356. The SMILES string of the molecule is CCCCOC(=O)c1csc(SCCN2C(=O)CCC2CNCc2ccccc2)n1. The molecular weight excluding hydrogens is 418 g/mol. The van der Waals surface area contributed by atoms with E-state index < -0.39 is 0 Å². The zero-order valence-electron chi connectivity index (χ0n) is 17.3. The van der Waals surface area contributed by atoms with Gasteiger partial charge in [0.2, 0.25) is 5.91 Å². The van der Waals surface area contributed by atoms with Crippen LogP contribution >= 0.6 is 23.1 Å². The molecule has 8 heteroatoms. The molecule has 1 fully saturated rings. The highest BCUT2D eigenvalue weighted by Crippen LogP contribution is 2.25. The summed E-state index contributed by atoms with van der Waals surface area (Å²) in [6, 6.07) is 10.5. The smallest absolute Gasteiger partial charge is 0.357 e. The highest BCUT2D eigenvalue weighted by Gasteiger charge is 2.30. The topological polar surface area (TPSA) is 71.5 Å². The average molecular weight is 448 g/mol. The van der Waals surface area contributed by atoms with Crippen molar-refractivity contribution in [3.63, 3.8) is 0 Å². The molecule has 0 saturated carbocycles. The molecule has 1 N–H and O–H groups in total. The number of carbonyl (C=O) groups is 2. The van der Waals surface area contributed by atoms with Gasteiger partial charge in [-0.3, -0.25) is 4.79 Å².